The van der Waals surface area contributed by atoms with Crippen LogP contribution in [0.3, 0.4) is 0 Å². The zero-order chi connectivity index (χ0) is 11.2. The quantitative estimate of drug-likeness (QED) is 0.634. The molecule has 2 aliphatic heterocycles. The summed E-state index contributed by atoms with van der Waals surface area (Å²) >= 11 is 2.63. The summed E-state index contributed by atoms with van der Waals surface area (Å²) in [6.45, 7) is 0.251. The smallest absolute Gasteiger partial charge is 0.341 e. The second-order valence-electron chi connectivity index (χ2n) is 3.28. The largest absolute Gasteiger partial charge is 0.346 e. The van der Waals surface area contributed by atoms with E-state index >= 15 is 0 Å². The van der Waals surface area contributed by atoms with Crippen LogP contribution in [0.2, 0.25) is 0 Å². The topological polar surface area (TPSA) is 70.1 Å². The third-order valence-electron chi connectivity index (χ3n) is 2.37. The van der Waals surface area contributed by atoms with Crippen molar-refractivity contribution in [2.24, 2.45) is 0 Å². The molecule has 0 aromatic heterocycles. The molecular weight excluding hydrogens is 275 g/mol. The van der Waals surface area contributed by atoms with Crippen LogP contribution in [0.25, 0.3) is 0 Å². The number of urea groups is 1. The number of fused-ring (bicyclic) bond motifs is 1. The number of rotatable bonds is 0. The average Bonchev–Trinajstić information content (AvgIpc) is 2.24. The van der Waals surface area contributed by atoms with Crippen LogP contribution in [0.15, 0.2) is 0 Å². The molecule has 8 heteroatoms. The van der Waals surface area contributed by atoms with Crippen LogP contribution >= 0.6 is 16.1 Å². The number of aliphatic hydroxyl groups is 1. The van der Waals surface area contributed by atoms with Crippen molar-refractivity contribution in [1.29, 1.82) is 0 Å². The Bertz CT molecular complexity index is 328. The molecule has 2 heterocycles. The first-order valence-corrected chi connectivity index (χ1v) is 5.01. The van der Waals surface area contributed by atoms with E-state index in [-0.39, 0.29) is 13.2 Å². The minimum absolute atomic E-state index is 0.107. The van der Waals surface area contributed by atoms with Crippen LogP contribution < -0.4 is 0 Å². The molecule has 2 aliphatic rings. The van der Waals surface area contributed by atoms with Crippen LogP contribution in [-0.4, -0.2) is 51.1 Å². The molecule has 15 heavy (non-hydrogen) atoms. The fraction of sp³-hybridized carbons (Fsp3) is 0.714. The predicted molar refractivity (Wildman–Crippen MR) is 48.3 cm³/mol. The van der Waals surface area contributed by atoms with Gasteiger partial charge in [-0.2, -0.15) is 3.93 Å². The van der Waals surface area contributed by atoms with Gasteiger partial charge >= 0.3 is 6.03 Å². The third-order valence-corrected chi connectivity index (χ3v) is 3.02. The van der Waals surface area contributed by atoms with Crippen LogP contribution in [0.4, 0.5) is 9.18 Å². The summed E-state index contributed by atoms with van der Waals surface area (Å²) in [6, 6.07) is -0.823. The summed E-state index contributed by atoms with van der Waals surface area (Å²) < 4.78 is 18.8. The molecule has 3 amide bonds. The molecule has 0 bridgehead atoms. The Morgan fingerprint density at radius 2 is 2.27 bits per heavy atom. The predicted octanol–water partition coefficient (Wildman–Crippen LogP) is -0.0350. The highest BCUT2D eigenvalue weighted by atomic mass is 79.9. The van der Waals surface area contributed by atoms with Crippen molar-refractivity contribution in [2.75, 3.05) is 13.2 Å². The summed E-state index contributed by atoms with van der Waals surface area (Å²) in [5.74, 6) is -3.61. The van der Waals surface area contributed by atoms with Gasteiger partial charge in [0.15, 0.2) is 0 Å². The zero-order valence-corrected chi connectivity index (χ0v) is 9.11. The van der Waals surface area contributed by atoms with Gasteiger partial charge in [-0.1, -0.05) is 0 Å². The van der Waals surface area contributed by atoms with Crippen LogP contribution in [-0.2, 0) is 9.53 Å². The molecular formula is C7H8BrFN2O4. The number of carbonyl (C=O) groups is 2. The van der Waals surface area contributed by atoms with Crippen LogP contribution in [0, 0.1) is 0 Å². The fourth-order valence-electron chi connectivity index (χ4n) is 1.59. The number of hydrogen-bond acceptors (Lipinski definition) is 4. The number of ether oxygens (including phenoxy) is 1. The van der Waals surface area contributed by atoms with Gasteiger partial charge in [0.25, 0.3) is 18.0 Å². The van der Waals surface area contributed by atoms with Crippen molar-refractivity contribution in [3.8, 4) is 0 Å². The summed E-state index contributed by atoms with van der Waals surface area (Å²) in [5.41, 5.74) is 0. The van der Waals surface area contributed by atoms with Crippen molar-refractivity contribution in [1.82, 2.24) is 8.83 Å². The number of alkyl halides is 1. The SMILES string of the molecule is O=C1[C@@H](F)C2(O)OCCCN2C(=O)N1Br. The van der Waals surface area contributed by atoms with Crippen molar-refractivity contribution in [3.63, 3.8) is 0 Å². The normalized spacial score (nSPS) is 36.9. The lowest BCUT2D eigenvalue weighted by molar-refractivity contribution is -0.324. The second-order valence-corrected chi connectivity index (χ2v) is 3.99. The number of halogens is 2. The van der Waals surface area contributed by atoms with Crippen molar-refractivity contribution >= 4 is 28.1 Å². The van der Waals surface area contributed by atoms with Crippen LogP contribution in [0.5, 0.6) is 0 Å². The van der Waals surface area contributed by atoms with E-state index < -0.39 is 24.0 Å². The highest BCUT2D eigenvalue weighted by Crippen LogP contribution is 2.33. The maximum absolute atomic E-state index is 13.5. The molecule has 0 spiro atoms. The van der Waals surface area contributed by atoms with E-state index in [0.717, 1.165) is 4.90 Å². The summed E-state index contributed by atoms with van der Waals surface area (Å²) in [4.78, 5) is 23.5. The standard InChI is InChI=1S/C7H8BrFN2O4/c8-11-5(12)4(9)7(14)10(6(11)13)2-1-3-15-7/h4,14H,1-3H2/t4-,7?/m1/s1. The van der Waals surface area contributed by atoms with Gasteiger partial charge in [-0.3, -0.25) is 9.69 Å². The lowest BCUT2D eigenvalue weighted by atomic mass is 10.1. The first kappa shape index (κ1) is 10.8. The highest BCUT2D eigenvalue weighted by molar-refractivity contribution is 9.08. The molecule has 84 valence electrons. The Morgan fingerprint density at radius 3 is 2.93 bits per heavy atom. The molecule has 0 radical (unpaired) electrons. The van der Waals surface area contributed by atoms with Crippen molar-refractivity contribution in [3.05, 3.63) is 0 Å². The molecule has 2 atom stereocenters. The Labute approximate surface area is 92.9 Å². The monoisotopic (exact) mass is 282 g/mol. The maximum Gasteiger partial charge on any atom is 0.341 e. The van der Waals surface area contributed by atoms with E-state index in [1.807, 2.05) is 0 Å². The Kier molecular flexibility index (Phi) is 2.44. The van der Waals surface area contributed by atoms with Crippen LogP contribution in [0.1, 0.15) is 6.42 Å². The molecule has 2 rings (SSSR count). The Balaban J connectivity index is 2.38. The van der Waals surface area contributed by atoms with Gasteiger partial charge < -0.3 is 9.84 Å². The lowest BCUT2D eigenvalue weighted by Gasteiger charge is -2.47. The van der Waals surface area contributed by atoms with Crippen molar-refractivity contribution < 1.29 is 23.8 Å². The number of hydrogen-bond donors (Lipinski definition) is 1. The first-order chi connectivity index (χ1) is 6.98. The molecule has 2 saturated heterocycles. The second kappa shape index (κ2) is 3.39. The first-order valence-electron chi connectivity index (χ1n) is 4.30. The lowest BCUT2D eigenvalue weighted by Crippen LogP contribution is -2.71. The summed E-state index contributed by atoms with van der Waals surface area (Å²) in [6.07, 6.45) is -1.81. The minimum atomic E-state index is -2.45. The zero-order valence-electron chi connectivity index (χ0n) is 7.52. The van der Waals surface area contributed by atoms with Gasteiger partial charge in [0.2, 0.25) is 0 Å². The van der Waals surface area contributed by atoms with E-state index in [2.05, 4.69) is 16.1 Å². The minimum Gasteiger partial charge on any atom is -0.346 e. The van der Waals surface area contributed by atoms with Gasteiger partial charge in [-0.25, -0.2) is 9.18 Å². The Hall–Kier alpha value is -0.730. The van der Waals surface area contributed by atoms with Crippen molar-refractivity contribution in [2.45, 2.75) is 18.5 Å². The van der Waals surface area contributed by atoms with Gasteiger partial charge in [-0.05, 0) is 6.42 Å². The van der Waals surface area contributed by atoms with E-state index in [0.29, 0.717) is 10.3 Å². The fourth-order valence-corrected chi connectivity index (χ4v) is 1.96. The highest BCUT2D eigenvalue weighted by Gasteiger charge is 2.59. The molecule has 0 aliphatic carbocycles. The Morgan fingerprint density at radius 1 is 1.60 bits per heavy atom. The summed E-state index contributed by atoms with van der Waals surface area (Å²) in [5, 5.41) is 9.76. The van der Waals surface area contributed by atoms with Gasteiger partial charge in [0.05, 0.1) is 22.8 Å². The van der Waals surface area contributed by atoms with Gasteiger partial charge in [0.1, 0.15) is 0 Å². The molecule has 6 nitrogen and oxygen atoms in total. The number of nitrogens with zero attached hydrogens (tertiary/aromatic N) is 2. The number of carbonyl (C=O) groups excluding carboxylic acids is 2. The maximum atomic E-state index is 13.5. The molecule has 0 aromatic carbocycles. The van der Waals surface area contributed by atoms with E-state index in [9.17, 15) is 19.1 Å². The van der Waals surface area contributed by atoms with E-state index in [1.54, 1.807) is 0 Å². The molecule has 0 saturated carbocycles. The summed E-state index contributed by atoms with van der Waals surface area (Å²) in [7, 11) is 0. The number of imide groups is 1. The molecule has 1 N–H and O–H groups in total. The molecule has 2 fully saturated rings. The molecule has 0 aromatic rings. The average molecular weight is 283 g/mol. The number of amides is 3. The van der Waals surface area contributed by atoms with E-state index in [1.165, 1.54) is 0 Å². The molecule has 1 unspecified atom stereocenters. The van der Waals surface area contributed by atoms with Gasteiger partial charge in [0, 0.05) is 6.54 Å². The van der Waals surface area contributed by atoms with E-state index in [4.69, 9.17) is 4.74 Å². The van der Waals surface area contributed by atoms with Gasteiger partial charge in [-0.15, -0.1) is 0 Å². The third kappa shape index (κ3) is 1.35.